The topological polar surface area (TPSA) is 49.9 Å². The zero-order chi connectivity index (χ0) is 20.8. The number of rotatable bonds is 6. The van der Waals surface area contributed by atoms with Crippen molar-refractivity contribution in [2.75, 3.05) is 25.4 Å². The van der Waals surface area contributed by atoms with Gasteiger partial charge in [0.25, 0.3) is 0 Å². The third-order valence-electron chi connectivity index (χ3n) is 6.61. The second-order valence-corrected chi connectivity index (χ2v) is 9.70. The predicted octanol–water partition coefficient (Wildman–Crippen LogP) is 4.93. The van der Waals surface area contributed by atoms with Crippen LogP contribution >= 0.6 is 11.8 Å². The van der Waals surface area contributed by atoms with Crippen LogP contribution < -0.4 is 0 Å². The largest absolute Gasteiger partial charge is 0.441 e. The molecule has 2 heterocycles. The van der Waals surface area contributed by atoms with Gasteiger partial charge in [-0.3, -0.25) is 4.79 Å². The fraction of sp³-hybridized carbons (Fsp3) is 0.583. The normalized spacial score (nSPS) is 22.1. The Labute approximate surface area is 183 Å². The zero-order valence-electron chi connectivity index (χ0n) is 17.6. The van der Waals surface area contributed by atoms with Gasteiger partial charge in [0.05, 0.1) is 6.54 Å². The zero-order valence-corrected chi connectivity index (χ0v) is 18.4. The molecule has 2 saturated heterocycles. The fourth-order valence-corrected chi connectivity index (χ4v) is 5.56. The molecule has 1 saturated carbocycles. The van der Waals surface area contributed by atoms with E-state index in [4.69, 9.17) is 4.74 Å². The summed E-state index contributed by atoms with van der Waals surface area (Å²) in [4.78, 5) is 29.0. The van der Waals surface area contributed by atoms with Crippen LogP contribution in [0.5, 0.6) is 0 Å². The maximum atomic E-state index is 12.5. The number of carbonyl (C=O) groups excluding carboxylic acids is 2. The number of hydrogen-bond donors (Lipinski definition) is 0. The molecule has 1 aromatic rings. The van der Waals surface area contributed by atoms with Crippen LogP contribution in [0.2, 0.25) is 0 Å². The Bertz CT molecular complexity index is 753. The molecular formula is C24H32N2O3S. The van der Waals surface area contributed by atoms with Crippen molar-refractivity contribution in [3.8, 4) is 0 Å². The molecule has 3 fully saturated rings. The van der Waals surface area contributed by atoms with Gasteiger partial charge in [-0.2, -0.15) is 0 Å². The first-order chi connectivity index (χ1) is 14.7. The van der Waals surface area contributed by atoms with E-state index in [-0.39, 0.29) is 23.6 Å². The quantitative estimate of drug-likeness (QED) is 0.603. The van der Waals surface area contributed by atoms with E-state index in [9.17, 15) is 9.59 Å². The van der Waals surface area contributed by atoms with Gasteiger partial charge in [-0.05, 0) is 55.6 Å². The van der Waals surface area contributed by atoms with E-state index in [0.717, 1.165) is 63.9 Å². The van der Waals surface area contributed by atoms with Crippen molar-refractivity contribution in [2.45, 2.75) is 63.0 Å². The highest BCUT2D eigenvalue weighted by atomic mass is 32.2. The Morgan fingerprint density at radius 2 is 1.87 bits per heavy atom. The van der Waals surface area contributed by atoms with Gasteiger partial charge in [0.1, 0.15) is 5.60 Å². The van der Waals surface area contributed by atoms with Crippen molar-refractivity contribution in [1.29, 1.82) is 0 Å². The first-order valence-corrected chi connectivity index (χ1v) is 12.3. The molecule has 3 aliphatic rings. The average molecular weight is 429 g/mol. The number of hydrogen-bond acceptors (Lipinski definition) is 4. The summed E-state index contributed by atoms with van der Waals surface area (Å²) in [6.45, 7) is 2.23. The van der Waals surface area contributed by atoms with E-state index in [1.807, 2.05) is 28.0 Å². The molecule has 4 rings (SSSR count). The number of likely N-dealkylation sites (tertiary alicyclic amines) is 1. The summed E-state index contributed by atoms with van der Waals surface area (Å²) in [6, 6.07) is 10.4. The lowest BCUT2D eigenvalue weighted by atomic mass is 9.84. The van der Waals surface area contributed by atoms with Crippen LogP contribution in [0.4, 0.5) is 4.79 Å². The predicted molar refractivity (Wildman–Crippen MR) is 121 cm³/mol. The van der Waals surface area contributed by atoms with Gasteiger partial charge in [0.15, 0.2) is 0 Å². The average Bonchev–Trinajstić information content (AvgIpc) is 3.10. The molecule has 0 radical (unpaired) electrons. The second kappa shape index (κ2) is 9.90. The number of thioether (sulfide) groups is 1. The van der Waals surface area contributed by atoms with E-state index in [2.05, 4.69) is 23.6 Å². The van der Waals surface area contributed by atoms with Crippen molar-refractivity contribution in [3.63, 3.8) is 0 Å². The summed E-state index contributed by atoms with van der Waals surface area (Å²) in [5.41, 5.74) is 0.945. The highest BCUT2D eigenvalue weighted by Gasteiger charge is 2.48. The highest BCUT2D eigenvalue weighted by molar-refractivity contribution is 8.02. The number of benzene rings is 1. The van der Waals surface area contributed by atoms with Crippen molar-refractivity contribution < 1.29 is 14.3 Å². The Morgan fingerprint density at radius 1 is 1.13 bits per heavy atom. The van der Waals surface area contributed by atoms with E-state index in [1.54, 1.807) is 11.8 Å². The van der Waals surface area contributed by atoms with E-state index >= 15 is 0 Å². The second-order valence-electron chi connectivity index (χ2n) is 8.69. The van der Waals surface area contributed by atoms with Gasteiger partial charge in [0, 0.05) is 31.3 Å². The van der Waals surface area contributed by atoms with Crippen LogP contribution in [0.3, 0.4) is 0 Å². The van der Waals surface area contributed by atoms with Gasteiger partial charge in [-0.1, -0.05) is 36.8 Å². The lowest BCUT2D eigenvalue weighted by Gasteiger charge is -2.36. The van der Waals surface area contributed by atoms with Gasteiger partial charge >= 0.3 is 6.09 Å². The minimum absolute atomic E-state index is 0.136. The van der Waals surface area contributed by atoms with Gasteiger partial charge in [-0.15, -0.1) is 11.8 Å². The Balaban J connectivity index is 1.17. The van der Waals surface area contributed by atoms with Crippen molar-refractivity contribution in [1.82, 2.24) is 9.80 Å². The Morgan fingerprint density at radius 3 is 2.60 bits per heavy atom. The molecule has 162 valence electrons. The number of nitrogens with zero attached hydrogens (tertiary/aromatic N) is 2. The lowest BCUT2D eigenvalue weighted by Crippen LogP contribution is -2.48. The minimum atomic E-state index is -0.229. The summed E-state index contributed by atoms with van der Waals surface area (Å²) in [5.74, 6) is 1.02. The molecule has 0 bridgehead atoms. The minimum Gasteiger partial charge on any atom is -0.441 e. The molecule has 6 heteroatoms. The van der Waals surface area contributed by atoms with E-state index in [0.29, 0.717) is 6.42 Å². The molecule has 30 heavy (non-hydrogen) atoms. The van der Waals surface area contributed by atoms with Crippen LogP contribution in [0.1, 0.15) is 56.9 Å². The molecule has 5 nitrogen and oxygen atoms in total. The summed E-state index contributed by atoms with van der Waals surface area (Å²) in [7, 11) is 0. The molecule has 0 N–H and O–H groups in total. The molecular weight excluding hydrogens is 396 g/mol. The molecule has 2 amide bonds. The van der Waals surface area contributed by atoms with Crippen molar-refractivity contribution >= 4 is 29.8 Å². The third kappa shape index (κ3) is 5.20. The summed E-state index contributed by atoms with van der Waals surface area (Å²) < 4.78 is 5.84. The third-order valence-corrected chi connectivity index (χ3v) is 7.38. The van der Waals surface area contributed by atoms with Crippen molar-refractivity contribution in [2.24, 2.45) is 0 Å². The number of piperidine rings is 1. The fourth-order valence-electron chi connectivity index (χ4n) is 4.88. The monoisotopic (exact) mass is 428 g/mol. The van der Waals surface area contributed by atoms with Crippen LogP contribution in [0.25, 0.3) is 6.08 Å². The number of amides is 2. The first-order valence-electron chi connectivity index (χ1n) is 11.3. The molecule has 0 atom stereocenters. The lowest BCUT2D eigenvalue weighted by molar-refractivity contribution is -0.132. The molecule has 0 aromatic heterocycles. The molecule has 1 spiro atoms. The van der Waals surface area contributed by atoms with E-state index < -0.39 is 0 Å². The highest BCUT2D eigenvalue weighted by Crippen LogP contribution is 2.38. The standard InChI is InChI=1S/C24H32N2O3S/c27-22(12-18-30-17-11-20-7-3-1-4-8-20)25-15-9-21(10-16-25)26-19-24(29-23(26)28)13-5-2-6-14-24/h1,3-4,7-8,11,17,21H,2,5-6,9-10,12-16,18-19H2/b17-11-. The molecule has 2 aliphatic heterocycles. The first kappa shape index (κ1) is 21.3. The summed E-state index contributed by atoms with van der Waals surface area (Å²) >= 11 is 1.68. The number of carbonyl (C=O) groups is 2. The summed E-state index contributed by atoms with van der Waals surface area (Å²) in [5, 5.41) is 2.06. The number of ether oxygens (including phenoxy) is 1. The Kier molecular flexibility index (Phi) is 7.03. The van der Waals surface area contributed by atoms with Crippen molar-refractivity contribution in [3.05, 3.63) is 41.3 Å². The molecule has 1 aromatic carbocycles. The van der Waals surface area contributed by atoms with Crippen LogP contribution in [0.15, 0.2) is 35.7 Å². The maximum Gasteiger partial charge on any atom is 0.410 e. The maximum absolute atomic E-state index is 12.5. The van der Waals surface area contributed by atoms with Gasteiger partial charge < -0.3 is 14.5 Å². The van der Waals surface area contributed by atoms with Crippen LogP contribution in [-0.4, -0.2) is 58.8 Å². The smallest absolute Gasteiger partial charge is 0.410 e. The van der Waals surface area contributed by atoms with E-state index in [1.165, 1.54) is 12.0 Å². The van der Waals surface area contributed by atoms with Crippen LogP contribution in [0, 0.1) is 0 Å². The SMILES string of the molecule is O=C(CCS/C=C\c1ccccc1)N1CCC(N2CC3(CCCCC3)OC2=O)CC1. The van der Waals surface area contributed by atoms with Crippen LogP contribution in [-0.2, 0) is 9.53 Å². The van der Waals surface area contributed by atoms with Gasteiger partial charge in [-0.25, -0.2) is 4.79 Å². The molecule has 0 unspecified atom stereocenters. The Hall–Kier alpha value is -1.95. The molecule has 1 aliphatic carbocycles. The van der Waals surface area contributed by atoms with Gasteiger partial charge in [0.2, 0.25) is 5.91 Å². The summed E-state index contributed by atoms with van der Waals surface area (Å²) in [6.07, 6.45) is 9.79.